The zero-order valence-electron chi connectivity index (χ0n) is 15.1. The molecule has 2 fully saturated rings. The summed E-state index contributed by atoms with van der Waals surface area (Å²) >= 11 is 0. The molecule has 2 heterocycles. The Morgan fingerprint density at radius 1 is 1.25 bits per heavy atom. The lowest BCUT2D eigenvalue weighted by Gasteiger charge is -2.45. The van der Waals surface area contributed by atoms with Crippen LogP contribution in [-0.2, 0) is 9.53 Å². The Morgan fingerprint density at radius 3 is 2.71 bits per heavy atom. The van der Waals surface area contributed by atoms with Crippen LogP contribution in [0, 0.1) is 10.8 Å². The molecule has 0 aromatic rings. The van der Waals surface area contributed by atoms with Gasteiger partial charge in [-0.25, -0.2) is 0 Å². The summed E-state index contributed by atoms with van der Waals surface area (Å²) in [5.41, 5.74) is 0.0255. The minimum absolute atomic E-state index is 0.186. The second-order valence-corrected chi connectivity index (χ2v) is 8.14. The largest absolute Gasteiger partial charge is 0.379 e. The molecule has 2 aliphatic heterocycles. The molecule has 4 nitrogen and oxygen atoms in total. The van der Waals surface area contributed by atoms with Gasteiger partial charge < -0.3 is 9.64 Å². The molecule has 134 valence electrons. The third-order valence-corrected chi connectivity index (χ3v) is 6.13. The number of rotatable bonds is 3. The van der Waals surface area contributed by atoms with E-state index >= 15 is 0 Å². The quantitative estimate of drug-likeness (QED) is 0.745. The molecule has 4 heteroatoms. The van der Waals surface area contributed by atoms with Crippen molar-refractivity contribution in [1.29, 1.82) is 0 Å². The van der Waals surface area contributed by atoms with E-state index in [-0.39, 0.29) is 10.8 Å². The lowest BCUT2D eigenvalue weighted by molar-refractivity contribution is -0.145. The average molecular weight is 332 g/mol. The van der Waals surface area contributed by atoms with E-state index in [9.17, 15) is 4.79 Å². The Labute approximate surface area is 146 Å². The number of piperidine rings is 1. The maximum absolute atomic E-state index is 13.0. The van der Waals surface area contributed by atoms with Crippen molar-refractivity contribution in [3.8, 4) is 0 Å². The Morgan fingerprint density at radius 2 is 2.04 bits per heavy atom. The van der Waals surface area contributed by atoms with E-state index in [1.807, 2.05) is 6.08 Å². The third kappa shape index (κ3) is 3.75. The van der Waals surface area contributed by atoms with Crippen molar-refractivity contribution in [2.75, 3.05) is 45.9 Å². The van der Waals surface area contributed by atoms with Gasteiger partial charge in [-0.3, -0.25) is 9.69 Å². The van der Waals surface area contributed by atoms with E-state index in [2.05, 4.69) is 35.5 Å². The number of carbonyl (C=O) groups excluding carboxylic acids is 1. The second-order valence-electron chi connectivity index (χ2n) is 8.14. The zero-order chi connectivity index (χ0) is 17.0. The van der Waals surface area contributed by atoms with Crippen LogP contribution in [0.1, 0.15) is 39.0 Å². The Kier molecular flexibility index (Phi) is 5.46. The summed E-state index contributed by atoms with van der Waals surface area (Å²) in [6.07, 6.45) is 11.4. The van der Waals surface area contributed by atoms with Crippen LogP contribution in [-0.4, -0.2) is 61.6 Å². The highest BCUT2D eigenvalue weighted by atomic mass is 16.5. The fourth-order valence-corrected chi connectivity index (χ4v) is 4.45. The number of allylic oxidation sites excluding steroid dienone is 2. The molecule has 0 saturated carbocycles. The van der Waals surface area contributed by atoms with Gasteiger partial charge in [-0.15, -0.1) is 6.58 Å². The minimum atomic E-state index is -0.186. The fourth-order valence-electron chi connectivity index (χ4n) is 4.45. The van der Waals surface area contributed by atoms with Gasteiger partial charge in [-0.1, -0.05) is 25.2 Å². The monoisotopic (exact) mass is 332 g/mol. The molecule has 0 N–H and O–H groups in total. The van der Waals surface area contributed by atoms with Crippen LogP contribution in [0.25, 0.3) is 0 Å². The van der Waals surface area contributed by atoms with Gasteiger partial charge in [0.25, 0.3) is 0 Å². The summed E-state index contributed by atoms with van der Waals surface area (Å²) in [6.45, 7) is 12.4. The first-order valence-corrected chi connectivity index (χ1v) is 9.42. The van der Waals surface area contributed by atoms with Crippen LogP contribution in [0.2, 0.25) is 0 Å². The van der Waals surface area contributed by atoms with Crippen molar-refractivity contribution in [3.05, 3.63) is 24.8 Å². The summed E-state index contributed by atoms with van der Waals surface area (Å²) in [4.78, 5) is 17.6. The van der Waals surface area contributed by atoms with Gasteiger partial charge in [0, 0.05) is 38.1 Å². The van der Waals surface area contributed by atoms with E-state index in [1.54, 1.807) is 0 Å². The zero-order valence-corrected chi connectivity index (χ0v) is 15.1. The molecule has 1 spiro atoms. The van der Waals surface area contributed by atoms with Gasteiger partial charge in [0.15, 0.2) is 0 Å². The fraction of sp³-hybridized carbons (Fsp3) is 0.750. The Bertz CT molecular complexity index is 494. The molecule has 1 amide bonds. The normalized spacial score (nSPS) is 31.0. The number of carbonyl (C=O) groups is 1. The van der Waals surface area contributed by atoms with Crippen LogP contribution in [0.5, 0.6) is 0 Å². The summed E-state index contributed by atoms with van der Waals surface area (Å²) in [7, 11) is 0. The smallest absolute Gasteiger partial charge is 0.228 e. The maximum atomic E-state index is 13.0. The highest BCUT2D eigenvalue weighted by Crippen LogP contribution is 2.38. The van der Waals surface area contributed by atoms with Gasteiger partial charge >= 0.3 is 0 Å². The molecular weight excluding hydrogens is 300 g/mol. The highest BCUT2D eigenvalue weighted by Gasteiger charge is 2.42. The number of likely N-dealkylation sites (tertiary alicyclic amines) is 1. The molecule has 3 aliphatic rings. The Balaban J connectivity index is 1.61. The first-order chi connectivity index (χ1) is 11.6. The van der Waals surface area contributed by atoms with Crippen molar-refractivity contribution in [2.45, 2.75) is 39.0 Å². The van der Waals surface area contributed by atoms with E-state index in [1.165, 1.54) is 0 Å². The van der Waals surface area contributed by atoms with Gasteiger partial charge in [-0.2, -0.15) is 0 Å². The summed E-state index contributed by atoms with van der Waals surface area (Å²) < 4.78 is 5.91. The highest BCUT2D eigenvalue weighted by molar-refractivity contribution is 5.82. The van der Waals surface area contributed by atoms with Crippen molar-refractivity contribution in [3.63, 3.8) is 0 Å². The van der Waals surface area contributed by atoms with Crippen molar-refractivity contribution >= 4 is 5.91 Å². The van der Waals surface area contributed by atoms with Crippen LogP contribution >= 0.6 is 0 Å². The lowest BCUT2D eigenvalue weighted by atomic mass is 9.75. The first-order valence-electron chi connectivity index (χ1n) is 9.42. The second kappa shape index (κ2) is 7.40. The molecule has 24 heavy (non-hydrogen) atoms. The average Bonchev–Trinajstić information content (AvgIpc) is 2.78. The molecule has 1 atom stereocenters. The minimum Gasteiger partial charge on any atom is -0.379 e. The van der Waals surface area contributed by atoms with Crippen molar-refractivity contribution < 1.29 is 9.53 Å². The number of nitrogens with zero attached hydrogens (tertiary/aromatic N) is 2. The predicted molar refractivity (Wildman–Crippen MR) is 96.8 cm³/mol. The van der Waals surface area contributed by atoms with Crippen molar-refractivity contribution in [2.24, 2.45) is 10.8 Å². The topological polar surface area (TPSA) is 32.8 Å². The van der Waals surface area contributed by atoms with Crippen LogP contribution in [0.15, 0.2) is 24.8 Å². The van der Waals surface area contributed by atoms with E-state index in [4.69, 9.17) is 4.74 Å². The lowest BCUT2D eigenvalue weighted by Crippen LogP contribution is -2.52. The molecule has 1 aliphatic carbocycles. The molecule has 1 unspecified atom stereocenters. The molecule has 2 saturated heterocycles. The number of ether oxygens (including phenoxy) is 1. The molecule has 0 bridgehead atoms. The maximum Gasteiger partial charge on any atom is 0.228 e. The summed E-state index contributed by atoms with van der Waals surface area (Å²) in [6, 6.07) is 0. The molecule has 0 aromatic carbocycles. The third-order valence-electron chi connectivity index (χ3n) is 6.13. The predicted octanol–water partition coefficient (Wildman–Crippen LogP) is 2.86. The number of hydrogen-bond donors (Lipinski definition) is 0. The summed E-state index contributed by atoms with van der Waals surface area (Å²) in [5.74, 6) is 0.360. The van der Waals surface area contributed by atoms with Crippen LogP contribution in [0.4, 0.5) is 0 Å². The first kappa shape index (κ1) is 17.7. The van der Waals surface area contributed by atoms with Gasteiger partial charge in [-0.05, 0) is 32.1 Å². The van der Waals surface area contributed by atoms with Gasteiger partial charge in [0.05, 0.1) is 18.6 Å². The van der Waals surface area contributed by atoms with Crippen LogP contribution in [0.3, 0.4) is 0 Å². The number of amides is 1. The molecule has 0 aromatic heterocycles. The summed E-state index contributed by atoms with van der Waals surface area (Å²) in [5, 5.41) is 0. The van der Waals surface area contributed by atoms with E-state index in [0.29, 0.717) is 5.91 Å². The van der Waals surface area contributed by atoms with Crippen molar-refractivity contribution in [1.82, 2.24) is 9.80 Å². The molecular formula is C20H32N2O2. The van der Waals surface area contributed by atoms with Gasteiger partial charge in [0.1, 0.15) is 0 Å². The Hall–Kier alpha value is -1.13. The van der Waals surface area contributed by atoms with Gasteiger partial charge in [0.2, 0.25) is 5.91 Å². The van der Waals surface area contributed by atoms with Crippen LogP contribution < -0.4 is 0 Å². The SMILES string of the molecule is C=CCN1CCOCC2(CCN(C(=O)C3(C)CC=CCC3)CC2)C1. The molecule has 3 rings (SSSR count). The molecule has 0 radical (unpaired) electrons. The number of hydrogen-bond acceptors (Lipinski definition) is 3. The van der Waals surface area contributed by atoms with E-state index < -0.39 is 0 Å². The standard InChI is InChI=1S/C20H32N2O2/c1-3-11-21-14-15-24-17-20(16-21)9-12-22(13-10-20)18(23)19(2)7-5-4-6-8-19/h3-5H,1,6-17H2,2H3. The van der Waals surface area contributed by atoms with E-state index in [0.717, 1.165) is 78.0 Å².